The van der Waals surface area contributed by atoms with Gasteiger partial charge in [-0.25, -0.2) is 0 Å². The summed E-state index contributed by atoms with van der Waals surface area (Å²) in [6.45, 7) is -1.65. The van der Waals surface area contributed by atoms with Crippen molar-refractivity contribution in [3.8, 4) is 0 Å². The number of hydrogen-bond donors (Lipinski definition) is 0. The van der Waals surface area contributed by atoms with Crippen LogP contribution in [0.3, 0.4) is 0 Å². The van der Waals surface area contributed by atoms with Crippen LogP contribution in [0.25, 0.3) is 0 Å². The maximum Gasteiger partial charge on any atom is 0.0444 e. The highest BCUT2D eigenvalue weighted by Gasteiger charge is 2.30. The highest BCUT2D eigenvalue weighted by molar-refractivity contribution is 4.86. The molecule has 0 aromatic heterocycles. The van der Waals surface area contributed by atoms with Gasteiger partial charge in [-0.2, -0.15) is 0 Å². The molecule has 84 valence electrons. The summed E-state index contributed by atoms with van der Waals surface area (Å²) in [5.74, 6) is 0. The molecular weight excluding hydrogens is 172 g/mol. The Kier molecular flexibility index (Phi) is 1.32. The summed E-state index contributed by atoms with van der Waals surface area (Å²) in [4.78, 5) is 1.35. The maximum absolute atomic E-state index is 8.25. The van der Waals surface area contributed by atoms with Crippen molar-refractivity contribution in [1.82, 2.24) is 9.80 Å². The average molecular weight is 206 g/mol. The van der Waals surface area contributed by atoms with Crippen LogP contribution in [0.15, 0.2) is 0 Å². The van der Waals surface area contributed by atoms with E-state index in [1.54, 1.807) is 41.5 Å². The van der Waals surface area contributed by atoms with Gasteiger partial charge in [-0.1, -0.05) is 0 Å². The fourth-order valence-corrected chi connectivity index (χ4v) is 0.927. The zero-order chi connectivity index (χ0) is 18.2. The molecular formula is C12H26N2. The molecule has 2 heteroatoms. The van der Waals surface area contributed by atoms with Crippen LogP contribution < -0.4 is 0 Å². The second-order valence-electron chi connectivity index (χ2n) is 5.46. The largest absolute Gasteiger partial charge is 0.296 e. The molecule has 2 nitrogen and oxygen atoms in total. The average Bonchev–Trinajstić information content (AvgIpc) is 2.06. The fourth-order valence-electron chi connectivity index (χ4n) is 0.927. The summed E-state index contributed by atoms with van der Waals surface area (Å²) in [6, 6.07) is 0. The van der Waals surface area contributed by atoms with Crippen LogP contribution in [-0.2, 0) is 0 Å². The third-order valence-electron chi connectivity index (χ3n) is 1.89. The van der Waals surface area contributed by atoms with E-state index >= 15 is 0 Å². The zero-order valence-electron chi connectivity index (χ0n) is 17.9. The zero-order valence-corrected chi connectivity index (χ0v) is 9.89. The van der Waals surface area contributed by atoms with Gasteiger partial charge in [-0.15, -0.1) is 0 Å². The van der Waals surface area contributed by atoms with Gasteiger partial charge >= 0.3 is 0 Å². The van der Waals surface area contributed by atoms with Gasteiger partial charge in [0.1, 0.15) is 0 Å². The van der Waals surface area contributed by atoms with E-state index in [0.29, 0.717) is 9.80 Å². The molecule has 0 aliphatic carbocycles. The summed E-state index contributed by atoms with van der Waals surface area (Å²) in [7, 11) is 0. The predicted octanol–water partition coefficient (Wildman–Crippen LogP) is 2.20. The number of nitrogens with zero attached hydrogens (tertiary/aromatic N) is 2. The van der Waals surface area contributed by atoms with Crippen molar-refractivity contribution < 1.29 is 11.0 Å². The van der Waals surface area contributed by atoms with Crippen LogP contribution in [0.5, 0.6) is 0 Å². The van der Waals surface area contributed by atoms with Gasteiger partial charge in [0.25, 0.3) is 0 Å². The van der Waals surface area contributed by atoms with Crippen molar-refractivity contribution in [2.24, 2.45) is 0 Å². The number of piperazine rings is 1. The van der Waals surface area contributed by atoms with Crippen LogP contribution in [0, 0.1) is 0 Å². The van der Waals surface area contributed by atoms with Gasteiger partial charge < -0.3 is 0 Å². The molecule has 1 heterocycles. The number of rotatable bonds is 0. The second-order valence-corrected chi connectivity index (χ2v) is 5.46. The van der Waals surface area contributed by atoms with Crippen LogP contribution >= 0.6 is 0 Å². The first kappa shape index (κ1) is 4.84. The minimum absolute atomic E-state index is 0.676. The smallest absolute Gasteiger partial charge is 0.0444 e. The molecule has 0 amide bonds. The number of hydrogen-bond acceptors (Lipinski definition) is 2. The minimum Gasteiger partial charge on any atom is -0.296 e. The van der Waals surface area contributed by atoms with Crippen molar-refractivity contribution in [1.29, 1.82) is 0 Å². The maximum atomic E-state index is 8.25. The van der Waals surface area contributed by atoms with Crippen LogP contribution in [0.4, 0.5) is 0 Å². The molecule has 1 aliphatic rings. The highest BCUT2D eigenvalue weighted by atomic mass is 15.3. The van der Waals surface area contributed by atoms with Crippen molar-refractivity contribution in [3.63, 3.8) is 0 Å². The van der Waals surface area contributed by atoms with E-state index in [1.807, 2.05) is 0 Å². The lowest BCUT2D eigenvalue weighted by atomic mass is 10.0. The van der Waals surface area contributed by atoms with E-state index in [1.165, 1.54) is 0 Å². The van der Waals surface area contributed by atoms with Gasteiger partial charge in [0.2, 0.25) is 0 Å². The molecule has 0 aromatic carbocycles. The molecule has 0 saturated carbocycles. The van der Waals surface area contributed by atoms with Gasteiger partial charge in [0.05, 0.1) is 0 Å². The Hall–Kier alpha value is -0.0800. The Bertz CT molecular complexity index is 377. The van der Waals surface area contributed by atoms with E-state index in [9.17, 15) is 0 Å². The standard InChI is InChI=1S/C12H26N2/c1-11(2,3)13-7-9-14(10-8-13)12(4,5)6/h7-10H2,1-6H3/i7D2,8D2,9D2,10D2. The summed E-state index contributed by atoms with van der Waals surface area (Å²) in [5.41, 5.74) is -2.23. The Morgan fingerprint density at radius 1 is 0.714 bits per heavy atom. The van der Waals surface area contributed by atoms with Crippen molar-refractivity contribution in [2.75, 3.05) is 26.0 Å². The van der Waals surface area contributed by atoms with Crippen molar-refractivity contribution >= 4 is 0 Å². The SMILES string of the molecule is [2H]C1([2H])N(C(C)(C)C)C([2H])([2H])C([2H])([2H])N(C(C)(C)C)C1([2H])[2H]. The van der Waals surface area contributed by atoms with Gasteiger partial charge in [0.15, 0.2) is 0 Å². The highest BCUT2D eigenvalue weighted by Crippen LogP contribution is 2.20. The molecule has 1 rings (SSSR count). The summed E-state index contributed by atoms with van der Waals surface area (Å²) >= 11 is 0. The van der Waals surface area contributed by atoms with Crippen LogP contribution in [0.2, 0.25) is 0 Å². The van der Waals surface area contributed by atoms with Gasteiger partial charge in [-0.05, 0) is 41.5 Å². The first-order valence-electron chi connectivity index (χ1n) is 8.84. The van der Waals surface area contributed by atoms with E-state index in [0.717, 1.165) is 0 Å². The molecule has 14 heavy (non-hydrogen) atoms. The Balaban J connectivity index is 3.77. The Morgan fingerprint density at radius 3 is 1.07 bits per heavy atom. The quantitative estimate of drug-likeness (QED) is 0.599. The van der Waals surface area contributed by atoms with E-state index in [2.05, 4.69) is 0 Å². The first-order chi connectivity index (χ1) is 9.23. The fraction of sp³-hybridized carbons (Fsp3) is 1.00. The third-order valence-corrected chi connectivity index (χ3v) is 1.89. The Labute approximate surface area is 101 Å². The van der Waals surface area contributed by atoms with Crippen molar-refractivity contribution in [3.05, 3.63) is 0 Å². The lowest BCUT2D eigenvalue weighted by molar-refractivity contribution is 0.0211. The normalized spacial score (nSPS) is 45.6. The van der Waals surface area contributed by atoms with Gasteiger partial charge in [-0.3, -0.25) is 9.80 Å². The monoisotopic (exact) mass is 206 g/mol. The molecule has 0 unspecified atom stereocenters. The van der Waals surface area contributed by atoms with Gasteiger partial charge in [0, 0.05) is 48.0 Å². The molecule has 0 atom stereocenters. The summed E-state index contributed by atoms with van der Waals surface area (Å²) < 4.78 is 66.0. The third kappa shape index (κ3) is 2.96. The topological polar surface area (TPSA) is 6.48 Å². The minimum atomic E-state index is -2.73. The molecule has 0 bridgehead atoms. The molecule has 0 radical (unpaired) electrons. The molecule has 1 aliphatic heterocycles. The first-order valence-corrected chi connectivity index (χ1v) is 4.84. The molecule has 0 aromatic rings. The molecule has 0 spiro atoms. The molecule has 1 saturated heterocycles. The molecule has 0 N–H and O–H groups in total. The lowest BCUT2D eigenvalue weighted by Crippen LogP contribution is -2.57. The van der Waals surface area contributed by atoms with Crippen LogP contribution in [0.1, 0.15) is 52.5 Å². The second kappa shape index (κ2) is 3.82. The van der Waals surface area contributed by atoms with Crippen LogP contribution in [-0.4, -0.2) is 46.9 Å². The lowest BCUT2D eigenvalue weighted by Gasteiger charge is -2.46. The van der Waals surface area contributed by atoms with Crippen molar-refractivity contribution in [2.45, 2.75) is 52.6 Å². The summed E-state index contributed by atoms with van der Waals surface area (Å²) in [5, 5.41) is 0. The predicted molar refractivity (Wildman–Crippen MR) is 62.7 cm³/mol. The molecule has 1 fully saturated rings. The van der Waals surface area contributed by atoms with E-state index < -0.39 is 37.1 Å². The van der Waals surface area contributed by atoms with E-state index in [4.69, 9.17) is 11.0 Å². The summed E-state index contributed by atoms with van der Waals surface area (Å²) in [6.07, 6.45) is 0. The Morgan fingerprint density at radius 2 is 0.929 bits per heavy atom. The van der Waals surface area contributed by atoms with E-state index in [-0.39, 0.29) is 0 Å².